The lowest BCUT2D eigenvalue weighted by Gasteiger charge is -2.53. The average molecular weight is 405 g/mol. The second kappa shape index (κ2) is 5.76. The maximum absolute atomic E-state index is 12.8. The van der Waals surface area contributed by atoms with Crippen LogP contribution in [0.5, 0.6) is 0 Å². The molecule has 5 rings (SSSR count). The third-order valence-corrected chi connectivity index (χ3v) is 7.70. The Morgan fingerprint density at radius 2 is 2.22 bits per heavy atom. The molecule has 1 aromatic rings. The van der Waals surface area contributed by atoms with E-state index in [1.54, 1.807) is 4.42 Å². The summed E-state index contributed by atoms with van der Waals surface area (Å²) in [7, 11) is 1.45. The van der Waals surface area contributed by atoms with Crippen LogP contribution in [0.25, 0.3) is 0 Å². The number of ether oxygens (including phenoxy) is 1. The maximum atomic E-state index is 12.8. The van der Waals surface area contributed by atoms with E-state index in [1.165, 1.54) is 7.11 Å². The van der Waals surface area contributed by atoms with Crippen LogP contribution in [-0.2, 0) is 14.9 Å². The van der Waals surface area contributed by atoms with Crippen molar-refractivity contribution in [3.8, 4) is 0 Å². The number of halogens is 2. The molecule has 142 valence electrons. The molecule has 4 aliphatic rings. The predicted molar refractivity (Wildman–Crippen MR) is 107 cm³/mol. The maximum Gasteiger partial charge on any atom is 0.335 e. The topological polar surface area (TPSA) is 32.8 Å². The van der Waals surface area contributed by atoms with Crippen molar-refractivity contribution in [2.75, 3.05) is 24.6 Å². The number of hydrogen-bond acceptors (Lipinski definition) is 4. The molecule has 0 amide bonds. The normalized spacial score (nSPS) is 33.8. The Morgan fingerprint density at radius 1 is 1.41 bits per heavy atom. The standard InChI is InChI=1S/C21H22Cl2N2O2/c1-3-20-7-4-9-24-10-8-21(19(20)24)15-11-13(22)5-6-16(15)25(23)17(21)14(12-20)18(26)27-2/h4-7,11,19H,3,8-10,12H2,1-2H3/t19-,20-,21-/m0/s1. The molecule has 3 aliphatic heterocycles. The number of nitrogens with zero attached hydrogens (tertiary/aromatic N) is 2. The van der Waals surface area contributed by atoms with Gasteiger partial charge in [0.15, 0.2) is 0 Å². The fourth-order valence-corrected chi connectivity index (χ4v) is 6.71. The molecule has 0 aromatic heterocycles. The zero-order chi connectivity index (χ0) is 19.0. The Kier molecular flexibility index (Phi) is 3.75. The number of esters is 1. The first-order valence-corrected chi connectivity index (χ1v) is 10.2. The second-order valence-electron chi connectivity index (χ2n) is 8.05. The molecule has 1 aromatic carbocycles. The highest BCUT2D eigenvalue weighted by molar-refractivity contribution is 6.32. The minimum absolute atomic E-state index is 0.108. The summed E-state index contributed by atoms with van der Waals surface area (Å²) in [5.74, 6) is -0.280. The van der Waals surface area contributed by atoms with E-state index in [-0.39, 0.29) is 22.8 Å². The van der Waals surface area contributed by atoms with Gasteiger partial charge in [0.1, 0.15) is 0 Å². The van der Waals surface area contributed by atoms with Crippen molar-refractivity contribution in [1.29, 1.82) is 0 Å². The molecular formula is C21H22Cl2N2O2. The minimum atomic E-state index is -0.329. The average Bonchev–Trinajstić information content (AvgIpc) is 3.19. The number of carbonyl (C=O) groups excluding carboxylic acids is 1. The zero-order valence-electron chi connectivity index (χ0n) is 15.5. The Labute approximate surface area is 169 Å². The number of rotatable bonds is 2. The first kappa shape index (κ1) is 17.6. The van der Waals surface area contributed by atoms with E-state index in [2.05, 4.69) is 24.0 Å². The Balaban J connectivity index is 1.87. The van der Waals surface area contributed by atoms with E-state index < -0.39 is 0 Å². The van der Waals surface area contributed by atoms with Gasteiger partial charge in [-0.2, -0.15) is 0 Å². The monoisotopic (exact) mass is 404 g/mol. The molecule has 0 saturated carbocycles. The first-order chi connectivity index (χ1) is 13.0. The molecule has 3 heterocycles. The van der Waals surface area contributed by atoms with Crippen LogP contribution in [0.15, 0.2) is 41.6 Å². The van der Waals surface area contributed by atoms with Gasteiger partial charge in [-0.25, -0.2) is 4.79 Å². The Hall–Kier alpha value is -1.49. The first-order valence-electron chi connectivity index (χ1n) is 9.48. The SMILES string of the molecule is CC[C@]12C=CCN3CC[C@]4(C(=C(C(=O)OC)C1)N(Cl)c1ccc(Cl)cc14)[C@@H]32. The summed E-state index contributed by atoms with van der Waals surface area (Å²) in [6, 6.07) is 6.14. The van der Waals surface area contributed by atoms with E-state index in [9.17, 15) is 4.79 Å². The van der Waals surface area contributed by atoms with Crippen LogP contribution in [0.4, 0.5) is 5.69 Å². The van der Waals surface area contributed by atoms with Crippen molar-refractivity contribution < 1.29 is 9.53 Å². The van der Waals surface area contributed by atoms with Crippen molar-refractivity contribution in [1.82, 2.24) is 4.90 Å². The highest BCUT2D eigenvalue weighted by Crippen LogP contribution is 2.66. The van der Waals surface area contributed by atoms with Gasteiger partial charge < -0.3 is 4.74 Å². The molecular weight excluding hydrogens is 383 g/mol. The van der Waals surface area contributed by atoms with E-state index in [1.807, 2.05) is 18.2 Å². The summed E-state index contributed by atoms with van der Waals surface area (Å²) in [5.41, 5.74) is 3.24. The fraction of sp³-hybridized carbons (Fsp3) is 0.476. The van der Waals surface area contributed by atoms with Crippen LogP contribution in [0.2, 0.25) is 5.02 Å². The Morgan fingerprint density at radius 3 is 2.96 bits per heavy atom. The van der Waals surface area contributed by atoms with E-state index >= 15 is 0 Å². The highest BCUT2D eigenvalue weighted by Gasteiger charge is 2.67. The highest BCUT2D eigenvalue weighted by atomic mass is 35.5. The van der Waals surface area contributed by atoms with Gasteiger partial charge in [-0.15, -0.1) is 0 Å². The molecule has 3 atom stereocenters. The van der Waals surface area contributed by atoms with E-state index in [0.717, 1.165) is 42.9 Å². The van der Waals surface area contributed by atoms with Gasteiger partial charge in [0.05, 0.1) is 29.5 Å². The molecule has 1 spiro atoms. The number of anilines is 1. The quantitative estimate of drug-likeness (QED) is 0.414. The molecule has 0 radical (unpaired) electrons. The number of hydrogen-bond donors (Lipinski definition) is 0. The van der Waals surface area contributed by atoms with Crippen LogP contribution in [0, 0.1) is 5.41 Å². The smallest absolute Gasteiger partial charge is 0.335 e. The van der Waals surface area contributed by atoms with Crippen molar-refractivity contribution in [2.45, 2.75) is 37.6 Å². The van der Waals surface area contributed by atoms with Crippen molar-refractivity contribution in [3.05, 3.63) is 52.2 Å². The Bertz CT molecular complexity index is 911. The van der Waals surface area contributed by atoms with Gasteiger partial charge in [-0.3, -0.25) is 9.32 Å². The molecule has 0 unspecified atom stereocenters. The summed E-state index contributed by atoms with van der Waals surface area (Å²) >= 11 is 13.3. The third-order valence-electron chi connectivity index (χ3n) is 7.11. The molecule has 4 nitrogen and oxygen atoms in total. The molecule has 1 fully saturated rings. The number of benzene rings is 1. The zero-order valence-corrected chi connectivity index (χ0v) is 17.0. The summed E-state index contributed by atoms with van der Waals surface area (Å²) in [4.78, 5) is 15.4. The minimum Gasteiger partial charge on any atom is -0.466 e. The third kappa shape index (κ3) is 2.01. The van der Waals surface area contributed by atoms with Gasteiger partial charge in [0.2, 0.25) is 0 Å². The van der Waals surface area contributed by atoms with Crippen molar-refractivity contribution in [3.63, 3.8) is 0 Å². The van der Waals surface area contributed by atoms with Crippen molar-refractivity contribution in [2.24, 2.45) is 5.41 Å². The molecule has 0 N–H and O–H groups in total. The molecule has 1 aliphatic carbocycles. The van der Waals surface area contributed by atoms with Gasteiger partial charge in [-0.05, 0) is 43.0 Å². The number of fused-ring (bicyclic) bond motifs is 1. The van der Waals surface area contributed by atoms with Gasteiger partial charge >= 0.3 is 5.97 Å². The molecule has 0 bridgehead atoms. The van der Waals surface area contributed by atoms with E-state index in [0.29, 0.717) is 17.0 Å². The van der Waals surface area contributed by atoms with Crippen LogP contribution >= 0.6 is 23.4 Å². The summed E-state index contributed by atoms with van der Waals surface area (Å²) in [5, 5.41) is 0.700. The fourth-order valence-electron chi connectivity index (χ4n) is 6.14. The largest absolute Gasteiger partial charge is 0.466 e. The number of methoxy groups -OCH3 is 1. The summed E-state index contributed by atoms with van der Waals surface area (Å²) < 4.78 is 6.89. The van der Waals surface area contributed by atoms with E-state index in [4.69, 9.17) is 28.1 Å². The van der Waals surface area contributed by atoms with Crippen molar-refractivity contribution >= 4 is 35.0 Å². The second-order valence-corrected chi connectivity index (χ2v) is 8.82. The van der Waals surface area contributed by atoms with Crippen LogP contribution in [-0.4, -0.2) is 37.1 Å². The van der Waals surface area contributed by atoms with Crippen LogP contribution < -0.4 is 4.42 Å². The lowest BCUT2D eigenvalue weighted by atomic mass is 9.55. The van der Waals surface area contributed by atoms with Gasteiger partial charge in [0.25, 0.3) is 0 Å². The number of carbonyl (C=O) groups is 1. The van der Waals surface area contributed by atoms with Gasteiger partial charge in [-0.1, -0.05) is 30.7 Å². The molecule has 6 heteroatoms. The van der Waals surface area contributed by atoms with Crippen LogP contribution in [0.1, 0.15) is 31.7 Å². The predicted octanol–water partition coefficient (Wildman–Crippen LogP) is 4.42. The molecule has 27 heavy (non-hydrogen) atoms. The molecule has 1 saturated heterocycles. The van der Waals surface area contributed by atoms with Gasteiger partial charge in [0, 0.05) is 41.3 Å². The van der Waals surface area contributed by atoms with Crippen LogP contribution in [0.3, 0.4) is 0 Å². The summed E-state index contributed by atoms with van der Waals surface area (Å²) in [6.45, 7) is 4.13. The lowest BCUT2D eigenvalue weighted by Crippen LogP contribution is -2.58. The lowest BCUT2D eigenvalue weighted by molar-refractivity contribution is -0.137. The summed E-state index contributed by atoms with van der Waals surface area (Å²) in [6.07, 6.45) is 7.12.